The number of nitrogens with zero attached hydrogens (tertiary/aromatic N) is 5. The van der Waals surface area contributed by atoms with Gasteiger partial charge in [-0.1, -0.05) is 6.07 Å². The van der Waals surface area contributed by atoms with Crippen molar-refractivity contribution < 1.29 is 19.2 Å². The molecule has 0 saturated carbocycles. The van der Waals surface area contributed by atoms with Crippen LogP contribution in [0.4, 0.5) is 11.4 Å². The molecule has 0 aliphatic carbocycles. The lowest BCUT2D eigenvalue weighted by Crippen LogP contribution is -2.14. The van der Waals surface area contributed by atoms with Gasteiger partial charge in [0.05, 0.1) is 23.3 Å². The van der Waals surface area contributed by atoms with Gasteiger partial charge in [0.15, 0.2) is 5.82 Å². The number of rotatable bonds is 7. The van der Waals surface area contributed by atoms with Crippen LogP contribution in [0, 0.1) is 17.0 Å². The number of anilines is 1. The van der Waals surface area contributed by atoms with Crippen molar-refractivity contribution >= 4 is 17.3 Å². The number of benzene rings is 3. The molecule has 1 N–H and O–H groups in total. The molecule has 0 aliphatic heterocycles. The number of carbonyl (C=O) groups excluding carboxylic acids is 1. The zero-order chi connectivity index (χ0) is 23.4. The third kappa shape index (κ3) is 4.77. The number of hydrogen-bond donors (Lipinski definition) is 1. The number of nitro benzene ring substituents is 1. The maximum absolute atomic E-state index is 13.1. The topological polar surface area (TPSA) is 134 Å². The van der Waals surface area contributed by atoms with Crippen LogP contribution < -0.4 is 14.8 Å². The number of carbonyl (C=O) groups is 1. The number of non-ortho nitro benzene ring substituents is 1. The Morgan fingerprint density at radius 3 is 2.48 bits per heavy atom. The highest BCUT2D eigenvalue weighted by Gasteiger charge is 2.19. The molecule has 4 aromatic rings. The Morgan fingerprint density at radius 1 is 1.06 bits per heavy atom. The summed E-state index contributed by atoms with van der Waals surface area (Å²) in [5, 5.41) is 25.4. The average Bonchev–Trinajstić information content (AvgIpc) is 3.25. The Hall–Kier alpha value is -4.80. The van der Waals surface area contributed by atoms with Gasteiger partial charge in [0, 0.05) is 17.8 Å². The molecule has 11 heteroatoms. The minimum atomic E-state index is -0.576. The quantitative estimate of drug-likeness (QED) is 0.333. The van der Waals surface area contributed by atoms with E-state index in [1.165, 1.54) is 22.9 Å². The van der Waals surface area contributed by atoms with Crippen molar-refractivity contribution in [1.82, 2.24) is 20.2 Å². The van der Waals surface area contributed by atoms with Crippen molar-refractivity contribution in [1.29, 1.82) is 0 Å². The Morgan fingerprint density at radius 2 is 1.82 bits per heavy atom. The second kappa shape index (κ2) is 9.14. The van der Waals surface area contributed by atoms with Gasteiger partial charge in [-0.05, 0) is 65.9 Å². The van der Waals surface area contributed by atoms with E-state index in [1.807, 2.05) is 0 Å². The molecule has 3 aromatic carbocycles. The molecule has 0 radical (unpaired) electrons. The van der Waals surface area contributed by atoms with Crippen LogP contribution in [0.15, 0.2) is 66.7 Å². The molecule has 4 rings (SSSR count). The van der Waals surface area contributed by atoms with E-state index >= 15 is 0 Å². The van der Waals surface area contributed by atoms with E-state index in [0.29, 0.717) is 28.7 Å². The first kappa shape index (κ1) is 21.4. The monoisotopic (exact) mass is 446 g/mol. The van der Waals surface area contributed by atoms with Gasteiger partial charge in [-0.2, -0.15) is 4.68 Å². The molecule has 11 nitrogen and oxygen atoms in total. The van der Waals surface area contributed by atoms with Gasteiger partial charge in [-0.15, -0.1) is 5.10 Å². The van der Waals surface area contributed by atoms with Gasteiger partial charge in [0.1, 0.15) is 17.2 Å². The summed E-state index contributed by atoms with van der Waals surface area (Å²) in [5.41, 5.74) is 0.864. The molecule has 1 amide bonds. The lowest BCUT2D eigenvalue weighted by Gasteiger charge is -2.12. The van der Waals surface area contributed by atoms with Crippen molar-refractivity contribution in [3.63, 3.8) is 0 Å². The molecule has 0 fully saturated rings. The third-order valence-corrected chi connectivity index (χ3v) is 4.68. The molecule has 0 spiro atoms. The predicted molar refractivity (Wildman–Crippen MR) is 118 cm³/mol. The first-order valence-electron chi connectivity index (χ1n) is 9.72. The highest BCUT2D eigenvalue weighted by Crippen LogP contribution is 2.30. The SMILES string of the molecule is COc1ccc(Oc2ccc([N+](=O)[O-])cc2C(=O)Nc2cccc(-n3nnnc3C)c2)cc1. The number of amides is 1. The van der Waals surface area contributed by atoms with Crippen molar-refractivity contribution in [2.75, 3.05) is 12.4 Å². The van der Waals surface area contributed by atoms with E-state index in [4.69, 9.17) is 9.47 Å². The molecule has 0 bridgehead atoms. The minimum absolute atomic E-state index is 0.00373. The number of hydrogen-bond acceptors (Lipinski definition) is 8. The summed E-state index contributed by atoms with van der Waals surface area (Å²) in [7, 11) is 1.55. The van der Waals surface area contributed by atoms with Gasteiger partial charge < -0.3 is 14.8 Å². The van der Waals surface area contributed by atoms with Gasteiger partial charge in [-0.25, -0.2) is 0 Å². The maximum Gasteiger partial charge on any atom is 0.270 e. The summed E-state index contributed by atoms with van der Waals surface area (Å²) in [6.07, 6.45) is 0. The first-order chi connectivity index (χ1) is 15.9. The second-order valence-electron chi connectivity index (χ2n) is 6.86. The number of ether oxygens (including phenoxy) is 2. The van der Waals surface area contributed by atoms with Crippen LogP contribution in [-0.2, 0) is 0 Å². The smallest absolute Gasteiger partial charge is 0.270 e. The lowest BCUT2D eigenvalue weighted by atomic mass is 10.1. The molecule has 0 unspecified atom stereocenters. The third-order valence-electron chi connectivity index (χ3n) is 4.68. The Kier molecular flexibility index (Phi) is 5.94. The van der Waals surface area contributed by atoms with Crippen molar-refractivity contribution in [3.05, 3.63) is 88.2 Å². The number of tetrazole rings is 1. The molecule has 0 saturated heterocycles. The van der Waals surface area contributed by atoms with E-state index in [2.05, 4.69) is 20.8 Å². The van der Waals surface area contributed by atoms with Crippen LogP contribution in [0.2, 0.25) is 0 Å². The number of nitro groups is 1. The zero-order valence-corrected chi connectivity index (χ0v) is 17.6. The van der Waals surface area contributed by atoms with Crippen LogP contribution in [0.3, 0.4) is 0 Å². The lowest BCUT2D eigenvalue weighted by molar-refractivity contribution is -0.384. The standard InChI is InChI=1S/C22H18N6O5/c1-14-24-25-26-27(14)16-5-3-4-15(12-16)23-22(29)20-13-17(28(30)31)6-11-21(20)33-19-9-7-18(32-2)8-10-19/h3-13H,1-2H3,(H,23,29). The van der Waals surface area contributed by atoms with Gasteiger partial charge >= 0.3 is 0 Å². The fourth-order valence-electron chi connectivity index (χ4n) is 3.05. The molecule has 1 aromatic heterocycles. The Bertz CT molecular complexity index is 1320. The summed E-state index contributed by atoms with van der Waals surface area (Å²) in [4.78, 5) is 23.8. The van der Waals surface area contributed by atoms with Crippen molar-refractivity contribution in [2.45, 2.75) is 6.92 Å². The molecule has 166 valence electrons. The van der Waals surface area contributed by atoms with E-state index in [0.717, 1.165) is 0 Å². The van der Waals surface area contributed by atoms with Crippen LogP contribution in [-0.4, -0.2) is 38.1 Å². The minimum Gasteiger partial charge on any atom is -0.497 e. The molecular weight excluding hydrogens is 428 g/mol. The van der Waals surface area contributed by atoms with Gasteiger partial charge in [-0.3, -0.25) is 14.9 Å². The largest absolute Gasteiger partial charge is 0.497 e. The Balaban J connectivity index is 1.63. The highest BCUT2D eigenvalue weighted by atomic mass is 16.6. The van der Waals surface area contributed by atoms with Crippen LogP contribution in [0.1, 0.15) is 16.2 Å². The van der Waals surface area contributed by atoms with Crippen LogP contribution in [0.5, 0.6) is 17.2 Å². The molecule has 0 aliphatic rings. The average molecular weight is 446 g/mol. The fraction of sp³-hybridized carbons (Fsp3) is 0.0909. The predicted octanol–water partition coefficient (Wildman–Crippen LogP) is 3.93. The van der Waals surface area contributed by atoms with E-state index in [-0.39, 0.29) is 17.0 Å². The highest BCUT2D eigenvalue weighted by molar-refractivity contribution is 6.06. The summed E-state index contributed by atoms with van der Waals surface area (Å²) >= 11 is 0. The normalized spacial score (nSPS) is 10.5. The Labute approximate surface area is 187 Å². The zero-order valence-electron chi connectivity index (χ0n) is 17.6. The number of aryl methyl sites for hydroxylation is 1. The number of methoxy groups -OCH3 is 1. The van der Waals surface area contributed by atoms with Gasteiger partial charge in [0.25, 0.3) is 11.6 Å². The summed E-state index contributed by atoms with van der Waals surface area (Å²) in [5.74, 6) is 1.24. The maximum atomic E-state index is 13.1. The van der Waals surface area contributed by atoms with E-state index in [9.17, 15) is 14.9 Å². The molecular formula is C22H18N6O5. The summed E-state index contributed by atoms with van der Waals surface area (Å²) < 4.78 is 12.5. The van der Waals surface area contributed by atoms with E-state index < -0.39 is 10.8 Å². The van der Waals surface area contributed by atoms with E-state index in [1.54, 1.807) is 62.6 Å². The van der Waals surface area contributed by atoms with Crippen molar-refractivity contribution in [2.24, 2.45) is 0 Å². The number of nitrogens with one attached hydrogen (secondary N) is 1. The summed E-state index contributed by atoms with van der Waals surface area (Å²) in [6, 6.07) is 17.4. The van der Waals surface area contributed by atoms with Crippen molar-refractivity contribution in [3.8, 4) is 22.9 Å². The number of aromatic nitrogens is 4. The van der Waals surface area contributed by atoms with Gasteiger partial charge in [0.2, 0.25) is 0 Å². The first-order valence-corrected chi connectivity index (χ1v) is 9.72. The summed E-state index contributed by atoms with van der Waals surface area (Å²) in [6.45, 7) is 1.75. The molecule has 1 heterocycles. The molecule has 0 atom stereocenters. The van der Waals surface area contributed by atoms with Crippen LogP contribution >= 0.6 is 0 Å². The van der Waals surface area contributed by atoms with Crippen LogP contribution in [0.25, 0.3) is 5.69 Å². The molecule has 33 heavy (non-hydrogen) atoms. The second-order valence-corrected chi connectivity index (χ2v) is 6.86. The fourth-order valence-corrected chi connectivity index (χ4v) is 3.05.